The van der Waals surface area contributed by atoms with E-state index < -0.39 is 16.1 Å². The number of nitrogens with one attached hydrogen (secondary N) is 1. The van der Waals surface area contributed by atoms with E-state index in [9.17, 15) is 8.42 Å². The third-order valence-corrected chi connectivity index (χ3v) is 5.45. The molecule has 2 rings (SSSR count). The summed E-state index contributed by atoms with van der Waals surface area (Å²) in [5.41, 5.74) is 0.169. The van der Waals surface area contributed by atoms with E-state index in [1.54, 1.807) is 19.1 Å². The molecule has 0 amide bonds. The van der Waals surface area contributed by atoms with Crippen LogP contribution in [0.4, 0.5) is 0 Å². The molecule has 0 saturated carbocycles. The lowest BCUT2D eigenvalue weighted by Gasteiger charge is -2.12. The molecule has 1 atom stereocenters. The highest BCUT2D eigenvalue weighted by molar-refractivity contribution is 7.89. The smallest absolute Gasteiger partial charge is 0.242 e. The molecular weight excluding hydrogens is 318 g/mol. The van der Waals surface area contributed by atoms with Crippen LogP contribution in [0.5, 0.6) is 0 Å². The molecule has 0 bridgehead atoms. The van der Waals surface area contributed by atoms with E-state index in [-0.39, 0.29) is 10.6 Å². The minimum atomic E-state index is -3.68. The summed E-state index contributed by atoms with van der Waals surface area (Å²) in [4.78, 5) is 4.59. The molecule has 1 N–H and O–H groups in total. The molecule has 0 radical (unpaired) electrons. The first-order valence-corrected chi connectivity index (χ1v) is 8.24. The van der Waals surface area contributed by atoms with Crippen LogP contribution in [0.25, 0.3) is 0 Å². The van der Waals surface area contributed by atoms with Gasteiger partial charge in [-0.3, -0.25) is 0 Å². The van der Waals surface area contributed by atoms with E-state index in [0.717, 1.165) is 11.1 Å². The first-order chi connectivity index (χ1) is 9.42. The molecule has 20 heavy (non-hydrogen) atoms. The maximum Gasteiger partial charge on any atom is 0.242 e. The standard InChI is InChI=1S/C12H10ClN3O2S2/c1-8(11-4-5-12(13)19-11)16-20(17,18)10-3-2-9(6-14)15-7-10/h2-5,7-8,16H,1H3. The van der Waals surface area contributed by atoms with Crippen molar-refractivity contribution < 1.29 is 8.42 Å². The van der Waals surface area contributed by atoms with Gasteiger partial charge in [-0.2, -0.15) is 5.26 Å². The van der Waals surface area contributed by atoms with Crippen molar-refractivity contribution >= 4 is 33.0 Å². The number of pyridine rings is 1. The van der Waals surface area contributed by atoms with Gasteiger partial charge in [0.2, 0.25) is 10.0 Å². The first-order valence-electron chi connectivity index (χ1n) is 5.56. The van der Waals surface area contributed by atoms with Gasteiger partial charge in [0.15, 0.2) is 0 Å². The van der Waals surface area contributed by atoms with Crippen LogP contribution in [-0.2, 0) is 10.0 Å². The van der Waals surface area contributed by atoms with Gasteiger partial charge in [0.05, 0.1) is 10.4 Å². The topological polar surface area (TPSA) is 82.9 Å². The average Bonchev–Trinajstić information content (AvgIpc) is 2.85. The molecule has 0 saturated heterocycles. The number of nitriles is 1. The highest BCUT2D eigenvalue weighted by Gasteiger charge is 2.19. The SMILES string of the molecule is CC(NS(=O)(=O)c1ccc(C#N)nc1)c1ccc(Cl)s1. The third kappa shape index (κ3) is 3.35. The molecule has 1 unspecified atom stereocenters. The van der Waals surface area contributed by atoms with Crippen LogP contribution in [0.3, 0.4) is 0 Å². The maximum atomic E-state index is 12.2. The molecule has 0 aromatic carbocycles. The second kappa shape index (κ2) is 5.89. The van der Waals surface area contributed by atoms with Gasteiger partial charge in [0, 0.05) is 11.1 Å². The fourth-order valence-corrected chi connectivity index (χ4v) is 3.83. The van der Waals surface area contributed by atoms with Crippen LogP contribution >= 0.6 is 22.9 Å². The molecule has 0 fully saturated rings. The summed E-state index contributed by atoms with van der Waals surface area (Å²) in [7, 11) is -3.68. The Hall–Kier alpha value is -1.46. The Morgan fingerprint density at radius 3 is 2.65 bits per heavy atom. The number of aromatic nitrogens is 1. The monoisotopic (exact) mass is 327 g/mol. The number of rotatable bonds is 4. The predicted octanol–water partition coefficient (Wildman–Crippen LogP) is 2.71. The summed E-state index contributed by atoms with van der Waals surface area (Å²) in [6.07, 6.45) is 1.16. The van der Waals surface area contributed by atoms with Gasteiger partial charge in [-0.15, -0.1) is 11.3 Å². The normalized spacial score (nSPS) is 12.8. The number of nitrogens with zero attached hydrogens (tertiary/aromatic N) is 2. The second-order valence-electron chi connectivity index (χ2n) is 3.98. The molecule has 2 aromatic rings. The number of hydrogen-bond donors (Lipinski definition) is 1. The highest BCUT2D eigenvalue weighted by Crippen LogP contribution is 2.27. The van der Waals surface area contributed by atoms with E-state index in [2.05, 4.69) is 9.71 Å². The van der Waals surface area contributed by atoms with Gasteiger partial charge in [-0.25, -0.2) is 18.1 Å². The van der Waals surface area contributed by atoms with Crippen molar-refractivity contribution in [3.05, 3.63) is 45.4 Å². The van der Waals surface area contributed by atoms with Crippen molar-refractivity contribution in [1.29, 1.82) is 5.26 Å². The van der Waals surface area contributed by atoms with Crippen LogP contribution in [0.1, 0.15) is 23.5 Å². The molecule has 0 spiro atoms. The molecule has 5 nitrogen and oxygen atoms in total. The van der Waals surface area contributed by atoms with Crippen molar-refractivity contribution in [2.24, 2.45) is 0 Å². The van der Waals surface area contributed by atoms with Crippen molar-refractivity contribution in [3.8, 4) is 6.07 Å². The summed E-state index contributed by atoms with van der Waals surface area (Å²) < 4.78 is 27.5. The molecule has 2 heterocycles. The Labute approximate surface area is 125 Å². The lowest BCUT2D eigenvalue weighted by Crippen LogP contribution is -2.26. The summed E-state index contributed by atoms with van der Waals surface area (Å²) >= 11 is 7.14. The van der Waals surface area contributed by atoms with Crippen LogP contribution in [0.15, 0.2) is 35.4 Å². The predicted molar refractivity (Wildman–Crippen MR) is 77.0 cm³/mol. The van der Waals surface area contributed by atoms with Gasteiger partial charge in [0.1, 0.15) is 16.7 Å². The lowest BCUT2D eigenvalue weighted by atomic mass is 10.3. The van der Waals surface area contributed by atoms with Gasteiger partial charge in [-0.1, -0.05) is 11.6 Å². The first kappa shape index (κ1) is 14.9. The third-order valence-electron chi connectivity index (χ3n) is 2.51. The van der Waals surface area contributed by atoms with Crippen molar-refractivity contribution in [1.82, 2.24) is 9.71 Å². The van der Waals surface area contributed by atoms with Gasteiger partial charge in [-0.05, 0) is 31.2 Å². The van der Waals surface area contributed by atoms with Crippen LogP contribution in [-0.4, -0.2) is 13.4 Å². The zero-order chi connectivity index (χ0) is 14.8. The van der Waals surface area contributed by atoms with Crippen molar-refractivity contribution in [3.63, 3.8) is 0 Å². The fraction of sp³-hybridized carbons (Fsp3) is 0.167. The van der Waals surface area contributed by atoms with E-state index in [4.69, 9.17) is 16.9 Å². The lowest BCUT2D eigenvalue weighted by molar-refractivity contribution is 0.568. The number of halogens is 1. The number of thiophene rings is 1. The molecule has 2 aromatic heterocycles. The van der Waals surface area contributed by atoms with Gasteiger partial charge >= 0.3 is 0 Å². The molecule has 104 valence electrons. The van der Waals surface area contributed by atoms with E-state index >= 15 is 0 Å². The average molecular weight is 328 g/mol. The molecule has 0 aliphatic rings. The quantitative estimate of drug-likeness (QED) is 0.935. The van der Waals surface area contributed by atoms with Crippen molar-refractivity contribution in [2.75, 3.05) is 0 Å². The minimum Gasteiger partial charge on any atom is -0.244 e. The summed E-state index contributed by atoms with van der Waals surface area (Å²) in [6.45, 7) is 1.73. The molecule has 0 aliphatic carbocycles. The summed E-state index contributed by atoms with van der Waals surface area (Å²) in [6, 6.07) is 7.64. The Morgan fingerprint density at radius 2 is 2.15 bits per heavy atom. The number of sulfonamides is 1. The highest BCUT2D eigenvalue weighted by atomic mass is 35.5. The Balaban J connectivity index is 2.20. The minimum absolute atomic E-state index is 0.0194. The Bertz CT molecular complexity index is 748. The van der Waals surface area contributed by atoms with Crippen LogP contribution in [0.2, 0.25) is 4.34 Å². The van der Waals surface area contributed by atoms with Crippen molar-refractivity contribution in [2.45, 2.75) is 17.9 Å². The largest absolute Gasteiger partial charge is 0.244 e. The number of hydrogen-bond acceptors (Lipinski definition) is 5. The Kier molecular flexibility index (Phi) is 4.40. The molecule has 0 aliphatic heterocycles. The Morgan fingerprint density at radius 1 is 1.40 bits per heavy atom. The van der Waals surface area contributed by atoms with Gasteiger partial charge < -0.3 is 0 Å². The fourth-order valence-electron chi connectivity index (χ4n) is 1.53. The van der Waals surface area contributed by atoms with E-state index in [1.807, 2.05) is 6.07 Å². The zero-order valence-electron chi connectivity index (χ0n) is 10.4. The second-order valence-corrected chi connectivity index (χ2v) is 7.44. The van der Waals surface area contributed by atoms with E-state index in [1.165, 1.54) is 23.5 Å². The zero-order valence-corrected chi connectivity index (χ0v) is 12.8. The molecular formula is C12H10ClN3O2S2. The van der Waals surface area contributed by atoms with Crippen LogP contribution in [0, 0.1) is 11.3 Å². The van der Waals surface area contributed by atoms with Crippen LogP contribution < -0.4 is 4.72 Å². The summed E-state index contributed by atoms with van der Waals surface area (Å²) in [5, 5.41) is 8.64. The maximum absolute atomic E-state index is 12.2. The summed E-state index contributed by atoms with van der Waals surface area (Å²) in [5.74, 6) is 0. The van der Waals surface area contributed by atoms with E-state index in [0.29, 0.717) is 4.34 Å². The van der Waals surface area contributed by atoms with Gasteiger partial charge in [0.25, 0.3) is 0 Å². The molecule has 8 heteroatoms.